The molecular weight excluding hydrogens is 410 g/mol. The molecular formula is C16H27N3O7S2. The van der Waals surface area contributed by atoms with Gasteiger partial charge in [-0.1, -0.05) is 6.58 Å². The number of hydrogen-bond acceptors (Lipinski definition) is 9. The highest BCUT2D eigenvalue weighted by Crippen LogP contribution is 2.15. The lowest BCUT2D eigenvalue weighted by atomic mass is 10.3. The smallest absolute Gasteiger partial charge is 0.313 e. The highest BCUT2D eigenvalue weighted by molar-refractivity contribution is 8.00. The predicted molar refractivity (Wildman–Crippen MR) is 106 cm³/mol. The molecule has 1 aliphatic heterocycles. The summed E-state index contributed by atoms with van der Waals surface area (Å²) in [6.07, 6.45) is -0.863. The monoisotopic (exact) mass is 437 g/mol. The maximum absolute atomic E-state index is 12.4. The van der Waals surface area contributed by atoms with Crippen LogP contribution in [0.5, 0.6) is 0 Å². The Morgan fingerprint density at radius 2 is 1.50 bits per heavy atom. The van der Waals surface area contributed by atoms with E-state index in [4.69, 9.17) is 15.3 Å². The van der Waals surface area contributed by atoms with Gasteiger partial charge in [0.1, 0.15) is 6.23 Å². The van der Waals surface area contributed by atoms with Gasteiger partial charge in [-0.25, -0.2) is 4.90 Å². The molecule has 4 N–H and O–H groups in total. The Balaban J connectivity index is 2.61. The van der Waals surface area contributed by atoms with Crippen molar-refractivity contribution in [2.24, 2.45) is 0 Å². The third-order valence-electron chi connectivity index (χ3n) is 3.75. The topological polar surface area (TPSA) is 142 Å². The van der Waals surface area contributed by atoms with Gasteiger partial charge in [-0.3, -0.25) is 14.4 Å². The molecule has 0 aromatic carbocycles. The van der Waals surface area contributed by atoms with Crippen molar-refractivity contribution in [1.82, 2.24) is 14.7 Å². The molecule has 1 saturated heterocycles. The lowest BCUT2D eigenvalue weighted by molar-refractivity contribution is -0.158. The number of hydrogen-bond donors (Lipinski definition) is 4. The van der Waals surface area contributed by atoms with Crippen LogP contribution in [0.15, 0.2) is 12.7 Å². The molecule has 160 valence electrons. The summed E-state index contributed by atoms with van der Waals surface area (Å²) in [5, 5.41) is 36.3. The first-order valence-electron chi connectivity index (χ1n) is 8.58. The molecule has 0 aromatic rings. The van der Waals surface area contributed by atoms with Gasteiger partial charge in [0.05, 0.1) is 25.8 Å². The average molecular weight is 438 g/mol. The molecule has 2 amide bonds. The Kier molecular flexibility index (Phi) is 11.5. The molecule has 0 bridgehead atoms. The highest BCUT2D eigenvalue weighted by atomic mass is 32.2. The number of aliphatic hydroxyl groups excluding tert-OH is 2. The maximum Gasteiger partial charge on any atom is 0.313 e. The summed E-state index contributed by atoms with van der Waals surface area (Å²) in [6, 6.07) is 0. The summed E-state index contributed by atoms with van der Waals surface area (Å²) in [4.78, 5) is 39.8. The minimum Gasteiger partial charge on any atom is -0.481 e. The largest absolute Gasteiger partial charge is 0.481 e. The van der Waals surface area contributed by atoms with Crippen molar-refractivity contribution < 1.29 is 34.8 Å². The third kappa shape index (κ3) is 9.26. The fourth-order valence-electron chi connectivity index (χ4n) is 2.39. The molecule has 1 fully saturated rings. The second kappa shape index (κ2) is 13.0. The lowest BCUT2D eigenvalue weighted by Gasteiger charge is -2.43. The van der Waals surface area contributed by atoms with Gasteiger partial charge in [0.25, 0.3) is 0 Å². The van der Waals surface area contributed by atoms with Crippen LogP contribution in [-0.4, -0.2) is 108 Å². The fraction of sp³-hybridized carbons (Fsp3) is 0.688. The number of nitrogens with zero attached hydrogens (tertiary/aromatic N) is 3. The number of aliphatic hydroxyl groups is 3. The van der Waals surface area contributed by atoms with Gasteiger partial charge < -0.3 is 30.2 Å². The number of carboxylic acids is 1. The van der Waals surface area contributed by atoms with E-state index in [9.17, 15) is 19.5 Å². The summed E-state index contributed by atoms with van der Waals surface area (Å²) in [5.74, 6) is -0.643. The summed E-state index contributed by atoms with van der Waals surface area (Å²) in [6.45, 7) is 3.87. The molecule has 1 atom stereocenters. The van der Waals surface area contributed by atoms with Crippen LogP contribution in [0.2, 0.25) is 0 Å². The van der Waals surface area contributed by atoms with Crippen molar-refractivity contribution in [1.29, 1.82) is 0 Å². The molecule has 0 radical (unpaired) electrons. The van der Waals surface area contributed by atoms with E-state index >= 15 is 0 Å². The summed E-state index contributed by atoms with van der Waals surface area (Å²) in [7, 11) is 0. The maximum atomic E-state index is 12.4. The molecule has 1 heterocycles. The Labute approximate surface area is 172 Å². The van der Waals surface area contributed by atoms with Crippen molar-refractivity contribution in [2.45, 2.75) is 25.4 Å². The van der Waals surface area contributed by atoms with Gasteiger partial charge in [-0.2, -0.15) is 11.8 Å². The van der Waals surface area contributed by atoms with Crippen molar-refractivity contribution in [3.8, 4) is 0 Å². The van der Waals surface area contributed by atoms with Crippen molar-refractivity contribution in [2.75, 3.05) is 43.0 Å². The van der Waals surface area contributed by atoms with E-state index < -0.39 is 18.5 Å². The highest BCUT2D eigenvalue weighted by Gasteiger charge is 2.31. The summed E-state index contributed by atoms with van der Waals surface area (Å²) in [5.41, 5.74) is 0. The van der Waals surface area contributed by atoms with Gasteiger partial charge in [-0.15, -0.1) is 11.8 Å². The van der Waals surface area contributed by atoms with Crippen molar-refractivity contribution >= 4 is 41.3 Å². The Bertz CT molecular complexity index is 550. The lowest BCUT2D eigenvalue weighted by Crippen LogP contribution is -2.60. The van der Waals surface area contributed by atoms with E-state index in [1.54, 1.807) is 0 Å². The van der Waals surface area contributed by atoms with Crippen LogP contribution in [0, 0.1) is 0 Å². The van der Waals surface area contributed by atoms with E-state index in [0.29, 0.717) is 11.5 Å². The van der Waals surface area contributed by atoms with Gasteiger partial charge in [0.2, 0.25) is 11.8 Å². The molecule has 1 rings (SSSR count). The van der Waals surface area contributed by atoms with Crippen LogP contribution >= 0.6 is 23.5 Å². The first-order valence-corrected chi connectivity index (χ1v) is 10.9. The van der Waals surface area contributed by atoms with Crippen LogP contribution < -0.4 is 0 Å². The molecule has 0 spiro atoms. The number of thioether (sulfide) groups is 2. The zero-order chi connectivity index (χ0) is 21.1. The Hall–Kier alpha value is -1.31. The number of carboxylic acid groups (broad SMARTS) is 1. The van der Waals surface area contributed by atoms with Crippen LogP contribution in [0.3, 0.4) is 0 Å². The summed E-state index contributed by atoms with van der Waals surface area (Å²) >= 11 is 2.37. The van der Waals surface area contributed by atoms with Crippen molar-refractivity contribution in [3.63, 3.8) is 0 Å². The quantitative estimate of drug-likeness (QED) is 0.170. The summed E-state index contributed by atoms with van der Waals surface area (Å²) < 4.78 is 0. The molecule has 12 heteroatoms. The first kappa shape index (κ1) is 24.7. The van der Waals surface area contributed by atoms with Crippen LogP contribution in [0.4, 0.5) is 0 Å². The van der Waals surface area contributed by atoms with E-state index in [1.807, 2.05) is 0 Å². The standard InChI is InChI=1S/C16H27N3O7S2/c1-2-12(20)17-9-18(13(21)3-5-27-7-15(23)24)11-19(10-17)14(22)4-6-28-8-16(25)26/h2,12,15,20,23-24H,1,3-11H2,(H,25,26). The number of carbonyl (C=O) groups excluding carboxylic acids is 2. The molecule has 1 unspecified atom stereocenters. The fourth-order valence-corrected chi connectivity index (χ4v) is 3.73. The van der Waals surface area contributed by atoms with E-state index in [1.165, 1.54) is 32.5 Å². The van der Waals surface area contributed by atoms with Gasteiger partial charge >= 0.3 is 5.97 Å². The molecule has 0 aliphatic carbocycles. The number of aliphatic carboxylic acids is 1. The van der Waals surface area contributed by atoms with Crippen molar-refractivity contribution in [3.05, 3.63) is 12.7 Å². The van der Waals surface area contributed by atoms with Crippen LogP contribution in [0.1, 0.15) is 12.8 Å². The SMILES string of the molecule is C=CC(O)N1CN(C(=O)CCSCC(=O)O)CN(C(=O)CCSCC(O)O)C1. The predicted octanol–water partition coefficient (Wildman–Crippen LogP) is -1.02. The molecule has 1 aliphatic rings. The van der Waals surface area contributed by atoms with E-state index in [0.717, 1.165) is 11.8 Å². The molecule has 0 saturated carbocycles. The zero-order valence-electron chi connectivity index (χ0n) is 15.5. The van der Waals surface area contributed by atoms with Gasteiger partial charge in [-0.05, 0) is 6.08 Å². The number of rotatable bonds is 12. The van der Waals surface area contributed by atoms with Crippen LogP contribution in [-0.2, 0) is 14.4 Å². The number of amides is 2. The second-order valence-electron chi connectivity index (χ2n) is 6.03. The third-order valence-corrected chi connectivity index (χ3v) is 5.72. The number of carbonyl (C=O) groups is 3. The Morgan fingerprint density at radius 3 is 1.96 bits per heavy atom. The average Bonchev–Trinajstić information content (AvgIpc) is 2.66. The molecule has 0 aromatic heterocycles. The molecule has 28 heavy (non-hydrogen) atoms. The van der Waals surface area contributed by atoms with E-state index in [2.05, 4.69) is 6.58 Å². The Morgan fingerprint density at radius 1 is 0.964 bits per heavy atom. The minimum atomic E-state index is -1.43. The minimum absolute atomic E-state index is 0.0783. The second-order valence-corrected chi connectivity index (χ2v) is 8.29. The zero-order valence-corrected chi connectivity index (χ0v) is 17.1. The normalized spacial score (nSPS) is 16.3. The first-order chi connectivity index (χ1) is 13.2. The van der Waals surface area contributed by atoms with Gasteiger partial charge in [0.15, 0.2) is 6.29 Å². The van der Waals surface area contributed by atoms with Crippen LogP contribution in [0.25, 0.3) is 0 Å². The van der Waals surface area contributed by atoms with E-state index in [-0.39, 0.29) is 56.2 Å². The van der Waals surface area contributed by atoms with Gasteiger partial charge in [0, 0.05) is 30.1 Å². The molecule has 10 nitrogen and oxygen atoms in total.